The van der Waals surface area contributed by atoms with Crippen LogP contribution in [0, 0.1) is 0 Å². The quantitative estimate of drug-likeness (QED) is 0.754. The van der Waals surface area contributed by atoms with Gasteiger partial charge in [0.15, 0.2) is 0 Å². The van der Waals surface area contributed by atoms with E-state index < -0.39 is 0 Å². The molecule has 1 amide bonds. The first-order valence-corrected chi connectivity index (χ1v) is 8.83. The van der Waals surface area contributed by atoms with Crippen LogP contribution in [0.1, 0.15) is 16.4 Å². The number of anilines is 1. The molecule has 7 nitrogen and oxygen atoms in total. The van der Waals surface area contributed by atoms with Gasteiger partial charge >= 0.3 is 0 Å². The number of benzene rings is 1. The van der Waals surface area contributed by atoms with Crippen LogP contribution in [0.4, 0.5) is 5.82 Å². The van der Waals surface area contributed by atoms with E-state index in [9.17, 15) is 4.79 Å². The van der Waals surface area contributed by atoms with Crippen molar-refractivity contribution in [1.29, 1.82) is 0 Å². The van der Waals surface area contributed by atoms with E-state index in [4.69, 9.17) is 4.74 Å². The Morgan fingerprint density at radius 1 is 1.24 bits per heavy atom. The van der Waals surface area contributed by atoms with Gasteiger partial charge in [-0.25, -0.2) is 0 Å². The lowest BCUT2D eigenvalue weighted by Gasteiger charge is -2.14. The molecule has 8 heteroatoms. The Morgan fingerprint density at radius 3 is 2.80 bits per heavy atom. The third-order valence-corrected chi connectivity index (χ3v) is 5.49. The summed E-state index contributed by atoms with van der Waals surface area (Å²) < 4.78 is 6.92. The van der Waals surface area contributed by atoms with Crippen LogP contribution < -0.4 is 10.1 Å². The van der Waals surface area contributed by atoms with Crippen molar-refractivity contribution in [3.8, 4) is 17.0 Å². The highest BCUT2D eigenvalue weighted by Gasteiger charge is 2.29. The second-order valence-electron chi connectivity index (χ2n) is 5.74. The van der Waals surface area contributed by atoms with E-state index in [-0.39, 0.29) is 11.2 Å². The number of nitrogens with zero attached hydrogens (tertiary/aromatic N) is 3. The Hall–Kier alpha value is -2.74. The molecule has 128 valence electrons. The van der Waals surface area contributed by atoms with Crippen LogP contribution in [0.3, 0.4) is 0 Å². The van der Waals surface area contributed by atoms with Crippen molar-refractivity contribution in [3.05, 3.63) is 47.8 Å². The number of aryl methyl sites for hydroxylation is 1. The van der Waals surface area contributed by atoms with Crippen molar-refractivity contribution < 1.29 is 9.53 Å². The molecule has 0 saturated carbocycles. The zero-order chi connectivity index (χ0) is 17.4. The van der Waals surface area contributed by atoms with Gasteiger partial charge in [0.2, 0.25) is 5.91 Å². The lowest BCUT2D eigenvalue weighted by atomic mass is 10.0. The molecule has 1 atom stereocenters. The van der Waals surface area contributed by atoms with E-state index in [0.29, 0.717) is 5.75 Å². The summed E-state index contributed by atoms with van der Waals surface area (Å²) in [7, 11) is 3.47. The maximum atomic E-state index is 12.0. The van der Waals surface area contributed by atoms with Gasteiger partial charge in [0.05, 0.1) is 36.2 Å². The molecule has 3 aromatic rings. The first-order chi connectivity index (χ1) is 12.2. The monoisotopic (exact) mass is 355 g/mol. The first-order valence-electron chi connectivity index (χ1n) is 7.78. The highest BCUT2D eigenvalue weighted by Crippen LogP contribution is 2.44. The molecule has 2 aromatic heterocycles. The van der Waals surface area contributed by atoms with Gasteiger partial charge in [-0.15, -0.1) is 11.8 Å². The number of H-pyrrole nitrogens is 1. The van der Waals surface area contributed by atoms with E-state index >= 15 is 0 Å². The number of fused-ring (bicyclic) bond motifs is 1. The Kier molecular flexibility index (Phi) is 3.96. The molecule has 4 rings (SSSR count). The number of aromatic amines is 1. The van der Waals surface area contributed by atoms with Crippen molar-refractivity contribution in [2.45, 2.75) is 5.25 Å². The van der Waals surface area contributed by atoms with Gasteiger partial charge in [-0.1, -0.05) is 0 Å². The van der Waals surface area contributed by atoms with Gasteiger partial charge < -0.3 is 10.1 Å². The molecule has 1 unspecified atom stereocenters. The minimum atomic E-state index is -0.0292. The fraction of sp³-hybridized carbons (Fsp3) is 0.235. The number of thioether (sulfide) groups is 1. The third kappa shape index (κ3) is 2.78. The Balaban J connectivity index is 1.78. The normalized spacial score (nSPS) is 16.9. The average molecular weight is 355 g/mol. The molecule has 25 heavy (non-hydrogen) atoms. The minimum absolute atomic E-state index is 0.0214. The van der Waals surface area contributed by atoms with Crippen LogP contribution in [0.5, 0.6) is 5.75 Å². The number of methoxy groups -OCH3 is 1. The second-order valence-corrected chi connectivity index (χ2v) is 6.83. The minimum Gasteiger partial charge on any atom is -0.497 e. The first kappa shape index (κ1) is 15.8. The lowest BCUT2D eigenvalue weighted by Crippen LogP contribution is -2.15. The van der Waals surface area contributed by atoms with Crippen molar-refractivity contribution in [1.82, 2.24) is 20.0 Å². The number of aromatic nitrogens is 4. The van der Waals surface area contributed by atoms with E-state index in [1.165, 1.54) is 0 Å². The number of carbonyl (C=O) groups is 1. The standard InChI is InChI=1S/C17H17N5O2S/c1-22-17-13(8-19-22)16(25-9-14(23)20-17)12-7-18-21-15(12)10-3-5-11(24-2)6-4-10/h3-8,16H,9H2,1-2H3,(H,18,21)(H,20,23). The highest BCUT2D eigenvalue weighted by atomic mass is 32.2. The second kappa shape index (κ2) is 6.29. The molecule has 0 bridgehead atoms. The number of amides is 1. The summed E-state index contributed by atoms with van der Waals surface area (Å²) in [5, 5.41) is 14.5. The van der Waals surface area contributed by atoms with Crippen LogP contribution in [-0.4, -0.2) is 38.7 Å². The number of nitrogens with one attached hydrogen (secondary N) is 2. The van der Waals surface area contributed by atoms with Crippen LogP contribution in [0.25, 0.3) is 11.3 Å². The van der Waals surface area contributed by atoms with Crippen LogP contribution >= 0.6 is 11.8 Å². The number of hydrogen-bond acceptors (Lipinski definition) is 5. The van der Waals surface area contributed by atoms with E-state index in [1.54, 1.807) is 23.6 Å². The fourth-order valence-electron chi connectivity index (χ4n) is 2.96. The zero-order valence-corrected chi connectivity index (χ0v) is 14.6. The van der Waals surface area contributed by atoms with Crippen molar-refractivity contribution >= 4 is 23.5 Å². The summed E-state index contributed by atoms with van der Waals surface area (Å²) in [5.74, 6) is 1.90. The number of carbonyl (C=O) groups excluding carboxylic acids is 1. The van der Waals surface area contributed by atoms with Gasteiger partial charge in [-0.2, -0.15) is 10.2 Å². The summed E-state index contributed by atoms with van der Waals surface area (Å²) in [4.78, 5) is 12.0. The lowest BCUT2D eigenvalue weighted by molar-refractivity contribution is -0.113. The Labute approximate surface area is 148 Å². The van der Waals surface area contributed by atoms with Crippen LogP contribution in [0.15, 0.2) is 36.7 Å². The smallest absolute Gasteiger partial charge is 0.235 e. The summed E-state index contributed by atoms with van der Waals surface area (Å²) in [6, 6.07) is 7.82. The molecule has 1 aliphatic rings. The van der Waals surface area contributed by atoms with Gasteiger partial charge in [-0.05, 0) is 24.3 Å². The predicted octanol–water partition coefficient (Wildman–Crippen LogP) is 2.59. The summed E-state index contributed by atoms with van der Waals surface area (Å²) >= 11 is 1.57. The maximum absolute atomic E-state index is 12.0. The molecule has 3 heterocycles. The SMILES string of the molecule is COc1ccc(-c2[nH]ncc2C2SCC(=O)Nc3c2cnn3C)cc1. The molecule has 0 saturated heterocycles. The molecule has 2 N–H and O–H groups in total. The average Bonchev–Trinajstić information content (AvgIpc) is 3.20. The van der Waals surface area contributed by atoms with Crippen molar-refractivity contribution in [2.24, 2.45) is 7.05 Å². The third-order valence-electron chi connectivity index (χ3n) is 4.22. The summed E-state index contributed by atoms with van der Waals surface area (Å²) in [6.07, 6.45) is 3.63. The van der Waals surface area contributed by atoms with Crippen molar-refractivity contribution in [2.75, 3.05) is 18.2 Å². The van der Waals surface area contributed by atoms with E-state index in [0.717, 1.165) is 34.0 Å². The van der Waals surface area contributed by atoms with Gasteiger partial charge in [-0.3, -0.25) is 14.6 Å². The molecular formula is C17H17N5O2S. The molecule has 0 aliphatic carbocycles. The number of ether oxygens (including phenoxy) is 1. The number of hydrogen-bond donors (Lipinski definition) is 2. The van der Waals surface area contributed by atoms with E-state index in [1.807, 2.05) is 43.7 Å². The maximum Gasteiger partial charge on any atom is 0.235 e. The molecule has 1 aliphatic heterocycles. The molecule has 1 aromatic carbocycles. The Morgan fingerprint density at radius 2 is 2.04 bits per heavy atom. The Bertz CT molecular complexity index is 916. The molecule has 0 radical (unpaired) electrons. The fourth-order valence-corrected chi connectivity index (χ4v) is 4.06. The summed E-state index contributed by atoms with van der Waals surface area (Å²) in [5.41, 5.74) is 3.96. The van der Waals surface area contributed by atoms with Gasteiger partial charge in [0, 0.05) is 23.7 Å². The van der Waals surface area contributed by atoms with Crippen LogP contribution in [0.2, 0.25) is 0 Å². The van der Waals surface area contributed by atoms with Crippen molar-refractivity contribution in [3.63, 3.8) is 0 Å². The highest BCUT2D eigenvalue weighted by molar-refractivity contribution is 8.00. The summed E-state index contributed by atoms with van der Waals surface area (Å²) in [6.45, 7) is 0. The largest absolute Gasteiger partial charge is 0.497 e. The van der Waals surface area contributed by atoms with Crippen LogP contribution in [-0.2, 0) is 11.8 Å². The molecular weight excluding hydrogens is 338 g/mol. The molecule has 0 fully saturated rings. The van der Waals surface area contributed by atoms with Gasteiger partial charge in [0.25, 0.3) is 0 Å². The number of rotatable bonds is 3. The topological polar surface area (TPSA) is 84.8 Å². The zero-order valence-electron chi connectivity index (χ0n) is 13.8. The molecule has 0 spiro atoms. The van der Waals surface area contributed by atoms with Gasteiger partial charge in [0.1, 0.15) is 11.6 Å². The predicted molar refractivity (Wildman–Crippen MR) is 96.7 cm³/mol. The van der Waals surface area contributed by atoms with E-state index in [2.05, 4.69) is 20.6 Å².